The van der Waals surface area contributed by atoms with Gasteiger partial charge in [-0.25, -0.2) is 4.79 Å². The van der Waals surface area contributed by atoms with E-state index in [-0.39, 0.29) is 18.2 Å². The highest BCUT2D eigenvalue weighted by molar-refractivity contribution is 5.74. The van der Waals surface area contributed by atoms with Gasteiger partial charge in [-0.15, -0.1) is 0 Å². The summed E-state index contributed by atoms with van der Waals surface area (Å²) in [5, 5.41) is 5.87. The highest BCUT2D eigenvalue weighted by atomic mass is 16.5. The number of nitrogens with one attached hydrogen (secondary N) is 2. The molecule has 2 aliphatic rings. The number of amides is 2. The van der Waals surface area contributed by atoms with E-state index in [0.717, 1.165) is 32.5 Å². The largest absolute Gasteiger partial charge is 0.378 e. The Kier molecular flexibility index (Phi) is 5.92. The lowest BCUT2D eigenvalue weighted by molar-refractivity contribution is 0.0103. The second kappa shape index (κ2) is 7.70. The quantitative estimate of drug-likeness (QED) is 0.749. The molecular formula is C14H26N2O3. The van der Waals surface area contributed by atoms with E-state index in [0.29, 0.717) is 12.6 Å². The third-order valence-corrected chi connectivity index (χ3v) is 3.96. The Balaban J connectivity index is 1.51. The van der Waals surface area contributed by atoms with Crippen LogP contribution in [0.2, 0.25) is 0 Å². The van der Waals surface area contributed by atoms with Gasteiger partial charge in [-0.1, -0.05) is 0 Å². The van der Waals surface area contributed by atoms with Gasteiger partial charge in [0.25, 0.3) is 0 Å². The number of urea groups is 1. The normalized spacial score (nSPS) is 31.1. The van der Waals surface area contributed by atoms with Crippen LogP contribution >= 0.6 is 0 Å². The van der Waals surface area contributed by atoms with E-state index in [1.165, 1.54) is 19.3 Å². The van der Waals surface area contributed by atoms with E-state index in [2.05, 4.69) is 10.6 Å². The smallest absolute Gasteiger partial charge is 0.315 e. The second-order valence-corrected chi connectivity index (χ2v) is 5.50. The molecule has 19 heavy (non-hydrogen) atoms. The van der Waals surface area contributed by atoms with Crippen LogP contribution in [0.25, 0.3) is 0 Å². The fourth-order valence-corrected chi connectivity index (χ4v) is 2.71. The van der Waals surface area contributed by atoms with Crippen LogP contribution in [0.1, 0.15) is 45.4 Å². The molecule has 0 aliphatic carbocycles. The maximum absolute atomic E-state index is 11.7. The summed E-state index contributed by atoms with van der Waals surface area (Å²) in [6.07, 6.45) is 7.10. The molecule has 0 saturated carbocycles. The first-order valence-corrected chi connectivity index (χ1v) is 7.53. The molecule has 2 heterocycles. The van der Waals surface area contributed by atoms with Gasteiger partial charge in [-0.3, -0.25) is 0 Å². The topological polar surface area (TPSA) is 59.6 Å². The molecule has 0 bridgehead atoms. The van der Waals surface area contributed by atoms with Gasteiger partial charge in [-0.2, -0.15) is 0 Å². The summed E-state index contributed by atoms with van der Waals surface area (Å²) in [6.45, 7) is 4.36. The summed E-state index contributed by atoms with van der Waals surface area (Å²) >= 11 is 0. The van der Waals surface area contributed by atoms with Gasteiger partial charge in [0.2, 0.25) is 0 Å². The number of carbonyl (C=O) groups is 1. The molecule has 2 fully saturated rings. The van der Waals surface area contributed by atoms with Crippen molar-refractivity contribution in [3.05, 3.63) is 0 Å². The second-order valence-electron chi connectivity index (χ2n) is 5.50. The van der Waals surface area contributed by atoms with Gasteiger partial charge in [0.15, 0.2) is 0 Å². The minimum absolute atomic E-state index is 0.0769. The van der Waals surface area contributed by atoms with Crippen molar-refractivity contribution >= 4 is 6.03 Å². The first-order valence-electron chi connectivity index (χ1n) is 7.53. The van der Waals surface area contributed by atoms with Crippen LogP contribution in [0.5, 0.6) is 0 Å². The monoisotopic (exact) mass is 270 g/mol. The third-order valence-electron chi connectivity index (χ3n) is 3.96. The maximum atomic E-state index is 11.7. The third kappa shape index (κ3) is 4.99. The average Bonchev–Trinajstić information content (AvgIpc) is 2.82. The van der Waals surface area contributed by atoms with Crippen molar-refractivity contribution in [1.29, 1.82) is 0 Å². The minimum atomic E-state index is -0.0769. The zero-order valence-electron chi connectivity index (χ0n) is 11.8. The summed E-state index contributed by atoms with van der Waals surface area (Å²) in [6, 6.07) is 0.0774. The van der Waals surface area contributed by atoms with Crippen LogP contribution in [0, 0.1) is 0 Å². The van der Waals surface area contributed by atoms with Gasteiger partial charge in [0, 0.05) is 19.8 Å². The predicted molar refractivity (Wildman–Crippen MR) is 73.2 cm³/mol. The van der Waals surface area contributed by atoms with E-state index >= 15 is 0 Å². The van der Waals surface area contributed by atoms with Crippen molar-refractivity contribution in [3.8, 4) is 0 Å². The molecule has 2 amide bonds. The lowest BCUT2D eigenvalue weighted by atomic mass is 10.0. The van der Waals surface area contributed by atoms with Gasteiger partial charge in [0.05, 0.1) is 18.2 Å². The van der Waals surface area contributed by atoms with E-state index in [1.54, 1.807) is 0 Å². The molecule has 110 valence electrons. The van der Waals surface area contributed by atoms with Crippen LogP contribution in [-0.4, -0.2) is 44.0 Å². The Labute approximate surface area is 115 Å². The van der Waals surface area contributed by atoms with Crippen molar-refractivity contribution < 1.29 is 14.3 Å². The fourth-order valence-electron chi connectivity index (χ4n) is 2.71. The first kappa shape index (κ1) is 14.6. The molecule has 0 aromatic heterocycles. The molecule has 5 nitrogen and oxygen atoms in total. The predicted octanol–water partition coefficient (Wildman–Crippen LogP) is 1.81. The van der Waals surface area contributed by atoms with Crippen molar-refractivity contribution in [2.24, 2.45) is 0 Å². The number of carbonyl (C=O) groups excluding carboxylic acids is 1. The van der Waals surface area contributed by atoms with Gasteiger partial charge < -0.3 is 20.1 Å². The fraction of sp³-hybridized carbons (Fsp3) is 0.929. The molecule has 0 spiro atoms. The zero-order chi connectivity index (χ0) is 13.5. The van der Waals surface area contributed by atoms with Gasteiger partial charge >= 0.3 is 6.03 Å². The Morgan fingerprint density at radius 3 is 2.79 bits per heavy atom. The molecule has 5 heteroatoms. The first-order chi connectivity index (χ1) is 9.25. The Bertz CT molecular complexity index is 280. The van der Waals surface area contributed by atoms with E-state index in [4.69, 9.17) is 9.47 Å². The van der Waals surface area contributed by atoms with Crippen molar-refractivity contribution in [1.82, 2.24) is 10.6 Å². The summed E-state index contributed by atoms with van der Waals surface area (Å²) in [4.78, 5) is 11.7. The molecule has 0 aromatic carbocycles. The van der Waals surface area contributed by atoms with Crippen LogP contribution in [-0.2, 0) is 9.47 Å². The van der Waals surface area contributed by atoms with Crippen LogP contribution in [0.4, 0.5) is 4.79 Å². The summed E-state index contributed by atoms with van der Waals surface area (Å²) in [5.74, 6) is 0. The number of hydrogen-bond acceptors (Lipinski definition) is 3. The van der Waals surface area contributed by atoms with Crippen LogP contribution < -0.4 is 10.6 Å². The molecule has 2 saturated heterocycles. The molecule has 0 unspecified atom stereocenters. The van der Waals surface area contributed by atoms with E-state index in [1.807, 2.05) is 6.92 Å². The van der Waals surface area contributed by atoms with Crippen LogP contribution in [0.15, 0.2) is 0 Å². The number of rotatable bonds is 5. The van der Waals surface area contributed by atoms with Gasteiger partial charge in [0.1, 0.15) is 0 Å². The molecule has 2 rings (SSSR count). The Hall–Kier alpha value is -0.810. The Morgan fingerprint density at radius 2 is 2.11 bits per heavy atom. The summed E-state index contributed by atoms with van der Waals surface area (Å²) in [5.41, 5.74) is 0. The summed E-state index contributed by atoms with van der Waals surface area (Å²) < 4.78 is 11.1. The molecule has 2 aliphatic heterocycles. The SMILES string of the molecule is C[C@@H]1OCC[C@@H]1NC(=O)NCCC[C@H]1CCCCO1. The van der Waals surface area contributed by atoms with Crippen molar-refractivity contribution in [3.63, 3.8) is 0 Å². The maximum Gasteiger partial charge on any atom is 0.315 e. The number of ether oxygens (including phenoxy) is 2. The standard InChI is InChI=1S/C14H26N2O3/c1-11-13(7-10-18-11)16-14(17)15-8-4-6-12-5-2-3-9-19-12/h11-13H,2-10H2,1H3,(H2,15,16,17)/t11-,12+,13-/m0/s1. The lowest BCUT2D eigenvalue weighted by Crippen LogP contribution is -2.45. The van der Waals surface area contributed by atoms with E-state index in [9.17, 15) is 4.79 Å². The zero-order valence-corrected chi connectivity index (χ0v) is 11.8. The number of hydrogen-bond donors (Lipinski definition) is 2. The molecule has 2 N–H and O–H groups in total. The van der Waals surface area contributed by atoms with Crippen molar-refractivity contribution in [2.75, 3.05) is 19.8 Å². The summed E-state index contributed by atoms with van der Waals surface area (Å²) in [7, 11) is 0. The highest BCUT2D eigenvalue weighted by Gasteiger charge is 2.25. The molecule has 0 radical (unpaired) electrons. The Morgan fingerprint density at radius 1 is 1.21 bits per heavy atom. The average molecular weight is 270 g/mol. The highest BCUT2D eigenvalue weighted by Crippen LogP contribution is 2.16. The molecule has 3 atom stereocenters. The van der Waals surface area contributed by atoms with Crippen LogP contribution in [0.3, 0.4) is 0 Å². The lowest BCUT2D eigenvalue weighted by Gasteiger charge is -2.22. The molecule has 0 aromatic rings. The van der Waals surface area contributed by atoms with Crippen molar-refractivity contribution in [2.45, 2.75) is 63.7 Å². The minimum Gasteiger partial charge on any atom is -0.378 e. The van der Waals surface area contributed by atoms with E-state index < -0.39 is 0 Å². The van der Waals surface area contributed by atoms with Gasteiger partial charge in [-0.05, 0) is 45.4 Å². The molecular weight excluding hydrogens is 244 g/mol.